The van der Waals surface area contributed by atoms with Crippen LogP contribution in [0.1, 0.15) is 43.2 Å². The number of benzene rings is 1. The largest absolute Gasteiger partial charge is 0.503 e. The van der Waals surface area contributed by atoms with E-state index in [1.807, 2.05) is 45.0 Å². The van der Waals surface area contributed by atoms with Crippen LogP contribution in [0, 0.1) is 12.8 Å². The summed E-state index contributed by atoms with van der Waals surface area (Å²) < 4.78 is 5.37. The van der Waals surface area contributed by atoms with Crippen molar-refractivity contribution >= 4 is 11.7 Å². The maximum atomic E-state index is 12.8. The lowest BCUT2D eigenvalue weighted by Crippen LogP contribution is -2.31. The highest BCUT2D eigenvalue weighted by molar-refractivity contribution is 6.09. The minimum Gasteiger partial charge on any atom is -0.503 e. The molecule has 136 valence electrons. The Hall–Kier alpha value is -2.82. The van der Waals surface area contributed by atoms with Crippen molar-refractivity contribution in [1.29, 1.82) is 0 Å². The molecule has 3 rings (SSSR count). The number of carbonyl (C=O) groups is 2. The number of aryl methyl sites for hydroxylation is 1. The molecule has 1 N–H and O–H groups in total. The van der Waals surface area contributed by atoms with Gasteiger partial charge in [0.25, 0.3) is 5.91 Å². The molecule has 0 spiro atoms. The molecule has 0 radical (unpaired) electrons. The zero-order valence-electron chi connectivity index (χ0n) is 15.2. The fraction of sp³-hybridized carbons (Fsp3) is 0.333. The fourth-order valence-electron chi connectivity index (χ4n) is 3.37. The zero-order chi connectivity index (χ0) is 18.8. The van der Waals surface area contributed by atoms with Crippen LogP contribution in [-0.2, 0) is 16.1 Å². The Morgan fingerprint density at radius 1 is 1.23 bits per heavy atom. The van der Waals surface area contributed by atoms with Crippen molar-refractivity contribution in [2.45, 2.75) is 39.8 Å². The molecule has 0 fully saturated rings. The van der Waals surface area contributed by atoms with Gasteiger partial charge in [0.15, 0.2) is 11.5 Å². The lowest BCUT2D eigenvalue weighted by atomic mass is 9.90. The first kappa shape index (κ1) is 18.0. The minimum absolute atomic E-state index is 0.134. The van der Waals surface area contributed by atoms with Crippen molar-refractivity contribution in [3.05, 3.63) is 70.9 Å². The molecule has 1 unspecified atom stereocenters. The predicted octanol–water partition coefficient (Wildman–Crippen LogP) is 4.10. The molecule has 1 aliphatic heterocycles. The van der Waals surface area contributed by atoms with E-state index < -0.39 is 17.7 Å². The van der Waals surface area contributed by atoms with Gasteiger partial charge in [-0.2, -0.15) is 0 Å². The fourth-order valence-corrected chi connectivity index (χ4v) is 3.37. The van der Waals surface area contributed by atoms with Gasteiger partial charge in [0.2, 0.25) is 0 Å². The van der Waals surface area contributed by atoms with Crippen molar-refractivity contribution in [3.63, 3.8) is 0 Å². The van der Waals surface area contributed by atoms with Crippen LogP contribution in [-0.4, -0.2) is 21.7 Å². The number of aliphatic hydroxyl groups excluding tert-OH is 1. The van der Waals surface area contributed by atoms with E-state index >= 15 is 0 Å². The zero-order valence-corrected chi connectivity index (χ0v) is 15.2. The quantitative estimate of drug-likeness (QED) is 0.849. The van der Waals surface area contributed by atoms with Gasteiger partial charge < -0.3 is 14.4 Å². The summed E-state index contributed by atoms with van der Waals surface area (Å²) in [6.07, 6.45) is 1.82. The monoisotopic (exact) mass is 353 g/mol. The molecule has 5 nitrogen and oxygen atoms in total. The number of furan rings is 1. The Morgan fingerprint density at radius 3 is 2.58 bits per heavy atom. The van der Waals surface area contributed by atoms with E-state index in [9.17, 15) is 14.7 Å². The van der Waals surface area contributed by atoms with Crippen molar-refractivity contribution < 1.29 is 19.1 Å². The number of carbonyl (C=O) groups excluding carboxylic acids is 2. The van der Waals surface area contributed by atoms with Crippen LogP contribution in [0.4, 0.5) is 0 Å². The number of hydrogen-bond donors (Lipinski definition) is 1. The highest BCUT2D eigenvalue weighted by atomic mass is 16.3. The summed E-state index contributed by atoms with van der Waals surface area (Å²) in [4.78, 5) is 27.1. The number of amides is 1. The van der Waals surface area contributed by atoms with Gasteiger partial charge >= 0.3 is 0 Å². The molecule has 2 heterocycles. The van der Waals surface area contributed by atoms with Gasteiger partial charge in [-0.15, -0.1) is 0 Å². The summed E-state index contributed by atoms with van der Waals surface area (Å²) in [7, 11) is 0. The minimum atomic E-state index is -0.611. The highest BCUT2D eigenvalue weighted by Crippen LogP contribution is 2.40. The average molecular weight is 353 g/mol. The molecular weight excluding hydrogens is 330 g/mol. The first-order valence-corrected chi connectivity index (χ1v) is 8.75. The van der Waals surface area contributed by atoms with Crippen LogP contribution in [0.25, 0.3) is 0 Å². The molecule has 1 aromatic heterocycles. The van der Waals surface area contributed by atoms with Crippen molar-refractivity contribution in [3.8, 4) is 0 Å². The number of Topliss-reactive ketones (excluding diaryl/α,β-unsaturated/α-hetero) is 1. The third kappa shape index (κ3) is 3.29. The summed E-state index contributed by atoms with van der Waals surface area (Å²) in [5, 5.41) is 10.5. The lowest BCUT2D eigenvalue weighted by Gasteiger charge is -2.27. The maximum absolute atomic E-state index is 12.8. The van der Waals surface area contributed by atoms with Gasteiger partial charge in [-0.3, -0.25) is 9.59 Å². The Morgan fingerprint density at radius 2 is 1.96 bits per heavy atom. The summed E-state index contributed by atoms with van der Waals surface area (Å²) in [5.41, 5.74) is 1.98. The van der Waals surface area contributed by atoms with E-state index in [-0.39, 0.29) is 30.2 Å². The molecule has 26 heavy (non-hydrogen) atoms. The Bertz CT molecular complexity index is 849. The van der Waals surface area contributed by atoms with Gasteiger partial charge in [0, 0.05) is 6.42 Å². The molecule has 0 saturated heterocycles. The predicted molar refractivity (Wildman–Crippen MR) is 97.3 cm³/mol. The van der Waals surface area contributed by atoms with Crippen molar-refractivity contribution in [1.82, 2.24) is 4.90 Å². The van der Waals surface area contributed by atoms with E-state index in [4.69, 9.17) is 4.42 Å². The number of ketones is 1. The SMILES string of the molecule is Cc1ccccc1C1C(C(=O)CC(C)C)=C(O)C(=O)N1Cc1ccco1. The number of aliphatic hydroxyl groups is 1. The Labute approximate surface area is 152 Å². The second-order valence-electron chi connectivity index (χ2n) is 7.05. The number of rotatable bonds is 6. The standard InChI is InChI=1S/C21H23NO4/c1-13(2)11-17(23)18-19(16-9-5-4-7-14(16)3)22(21(25)20(18)24)12-15-8-6-10-26-15/h4-10,13,19,24H,11-12H2,1-3H3. The van der Waals surface area contributed by atoms with Crippen LogP contribution in [0.5, 0.6) is 0 Å². The summed E-state index contributed by atoms with van der Waals surface area (Å²) in [5.74, 6) is -0.449. The first-order valence-electron chi connectivity index (χ1n) is 8.75. The third-order valence-electron chi connectivity index (χ3n) is 4.59. The Kier molecular flexibility index (Phi) is 4.98. The van der Waals surface area contributed by atoms with Gasteiger partial charge in [-0.25, -0.2) is 0 Å². The van der Waals surface area contributed by atoms with Gasteiger partial charge in [0.1, 0.15) is 5.76 Å². The van der Waals surface area contributed by atoms with E-state index in [1.165, 1.54) is 11.2 Å². The molecule has 1 atom stereocenters. The summed E-state index contributed by atoms with van der Waals surface area (Å²) >= 11 is 0. The molecule has 1 aromatic carbocycles. The van der Waals surface area contributed by atoms with E-state index in [1.54, 1.807) is 12.1 Å². The normalized spacial score (nSPS) is 17.5. The van der Waals surface area contributed by atoms with Crippen LogP contribution in [0.15, 0.2) is 58.4 Å². The van der Waals surface area contributed by atoms with Crippen molar-refractivity contribution in [2.75, 3.05) is 0 Å². The second-order valence-corrected chi connectivity index (χ2v) is 7.05. The number of hydrogen-bond acceptors (Lipinski definition) is 4. The highest BCUT2D eigenvalue weighted by Gasteiger charge is 2.44. The summed E-state index contributed by atoms with van der Waals surface area (Å²) in [6.45, 7) is 6.00. The molecule has 5 heteroatoms. The average Bonchev–Trinajstić information content (AvgIpc) is 3.17. The van der Waals surface area contributed by atoms with Gasteiger partial charge in [-0.1, -0.05) is 38.1 Å². The van der Waals surface area contributed by atoms with E-state index in [0.717, 1.165) is 11.1 Å². The molecule has 0 bridgehead atoms. The van der Waals surface area contributed by atoms with E-state index in [2.05, 4.69) is 0 Å². The van der Waals surface area contributed by atoms with E-state index in [0.29, 0.717) is 5.76 Å². The van der Waals surface area contributed by atoms with Crippen molar-refractivity contribution in [2.24, 2.45) is 5.92 Å². The summed E-state index contributed by atoms with van der Waals surface area (Å²) in [6, 6.07) is 10.5. The number of nitrogens with zero attached hydrogens (tertiary/aromatic N) is 1. The molecule has 2 aromatic rings. The molecular formula is C21H23NO4. The first-order chi connectivity index (χ1) is 12.4. The molecule has 0 aliphatic carbocycles. The molecule has 1 amide bonds. The van der Waals surface area contributed by atoms with Crippen LogP contribution in [0.3, 0.4) is 0 Å². The lowest BCUT2D eigenvalue weighted by molar-refractivity contribution is -0.130. The molecule has 0 saturated carbocycles. The van der Waals surface area contributed by atoms with Crippen LogP contribution >= 0.6 is 0 Å². The van der Waals surface area contributed by atoms with Crippen LogP contribution in [0.2, 0.25) is 0 Å². The van der Waals surface area contributed by atoms with Crippen LogP contribution < -0.4 is 0 Å². The Balaban J connectivity index is 2.07. The molecule has 1 aliphatic rings. The van der Waals surface area contributed by atoms with Gasteiger partial charge in [0.05, 0.1) is 24.4 Å². The van der Waals surface area contributed by atoms with Gasteiger partial charge in [-0.05, 0) is 36.1 Å². The topological polar surface area (TPSA) is 70.8 Å². The smallest absolute Gasteiger partial charge is 0.290 e. The third-order valence-corrected chi connectivity index (χ3v) is 4.59. The maximum Gasteiger partial charge on any atom is 0.290 e. The second kappa shape index (κ2) is 7.20.